The summed E-state index contributed by atoms with van der Waals surface area (Å²) in [5.74, 6) is 0.864. The first-order valence-corrected chi connectivity index (χ1v) is 11.6. The van der Waals surface area contributed by atoms with E-state index in [0.717, 1.165) is 0 Å². The van der Waals surface area contributed by atoms with Crippen molar-refractivity contribution in [1.29, 1.82) is 0 Å². The average molecular weight is 549 g/mol. The summed E-state index contributed by atoms with van der Waals surface area (Å²) in [6.07, 6.45) is -6.27. The van der Waals surface area contributed by atoms with E-state index in [1.165, 1.54) is 17.2 Å². The van der Waals surface area contributed by atoms with Crippen LogP contribution in [-0.4, -0.2) is 87.6 Å². The Kier molecular flexibility index (Phi) is 8.47. The van der Waals surface area contributed by atoms with Crippen LogP contribution >= 0.6 is 0 Å². The molecule has 1 aliphatic heterocycles. The summed E-state index contributed by atoms with van der Waals surface area (Å²) in [7, 11) is 0. The number of hydrogen-bond acceptors (Lipinski definition) is 10. The van der Waals surface area contributed by atoms with Crippen molar-refractivity contribution in [1.82, 2.24) is 35.0 Å². The van der Waals surface area contributed by atoms with E-state index in [9.17, 15) is 26.3 Å². The predicted octanol–water partition coefficient (Wildman–Crippen LogP) is 2.82. The Morgan fingerprint density at radius 2 is 1.87 bits per heavy atom. The molecule has 1 fully saturated rings. The van der Waals surface area contributed by atoms with Gasteiger partial charge in [0.25, 0.3) is 0 Å². The van der Waals surface area contributed by atoms with E-state index in [-0.39, 0.29) is 41.7 Å². The van der Waals surface area contributed by atoms with Crippen LogP contribution in [0.25, 0.3) is 11.0 Å². The van der Waals surface area contributed by atoms with Gasteiger partial charge in [-0.1, -0.05) is 0 Å². The molecule has 208 valence electrons. The molecule has 38 heavy (non-hydrogen) atoms. The highest BCUT2D eigenvalue weighted by Crippen LogP contribution is 2.29. The summed E-state index contributed by atoms with van der Waals surface area (Å²) in [6, 6.07) is 1.70. The topological polar surface area (TPSA) is 115 Å². The SMILES string of the molecule is C[C@@H]1CN(c2nc(Nc3ccncn3)c3c(n2)c(COCC(F)(F)F)nn3CCOCC(F)(F)F)CCN1. The Hall–Kier alpha value is -3.31. The van der Waals surface area contributed by atoms with E-state index in [1.807, 2.05) is 11.8 Å². The van der Waals surface area contributed by atoms with Crippen LogP contribution in [0.15, 0.2) is 18.6 Å². The fourth-order valence-corrected chi connectivity index (χ4v) is 3.82. The molecule has 3 aromatic rings. The van der Waals surface area contributed by atoms with Gasteiger partial charge in [-0.2, -0.15) is 36.4 Å². The van der Waals surface area contributed by atoms with E-state index < -0.39 is 32.2 Å². The second-order valence-electron chi connectivity index (χ2n) is 8.54. The zero-order valence-corrected chi connectivity index (χ0v) is 20.2. The van der Waals surface area contributed by atoms with Crippen LogP contribution in [0.5, 0.6) is 0 Å². The molecule has 4 rings (SSSR count). The molecule has 4 heterocycles. The molecule has 17 heteroatoms. The van der Waals surface area contributed by atoms with Gasteiger partial charge in [0.1, 0.15) is 42.1 Å². The molecule has 1 atom stereocenters. The monoisotopic (exact) mass is 549 g/mol. The summed E-state index contributed by atoms with van der Waals surface area (Å²) >= 11 is 0. The smallest absolute Gasteiger partial charge is 0.370 e. The van der Waals surface area contributed by atoms with Crippen molar-refractivity contribution in [2.45, 2.75) is 38.5 Å². The van der Waals surface area contributed by atoms with Crippen LogP contribution in [-0.2, 0) is 22.6 Å². The third-order valence-corrected chi connectivity index (χ3v) is 5.34. The van der Waals surface area contributed by atoms with Crippen molar-refractivity contribution < 1.29 is 35.8 Å². The molecule has 11 nitrogen and oxygen atoms in total. The minimum absolute atomic E-state index is 0.0673. The quantitative estimate of drug-likeness (QED) is 0.289. The maximum absolute atomic E-state index is 12.7. The summed E-state index contributed by atoms with van der Waals surface area (Å²) in [5.41, 5.74) is 0.505. The summed E-state index contributed by atoms with van der Waals surface area (Å²) in [4.78, 5) is 19.1. The van der Waals surface area contributed by atoms with Crippen LogP contribution < -0.4 is 15.5 Å². The fraction of sp³-hybridized carbons (Fsp3) is 0.571. The van der Waals surface area contributed by atoms with E-state index in [1.54, 1.807) is 6.07 Å². The molecule has 1 aliphatic rings. The maximum Gasteiger partial charge on any atom is 0.411 e. The highest BCUT2D eigenvalue weighted by molar-refractivity contribution is 5.90. The number of halogens is 6. The molecule has 0 saturated carbocycles. The van der Waals surface area contributed by atoms with Gasteiger partial charge in [0.05, 0.1) is 19.8 Å². The van der Waals surface area contributed by atoms with Gasteiger partial charge < -0.3 is 25.0 Å². The minimum Gasteiger partial charge on any atom is -0.370 e. The number of nitrogens with one attached hydrogen (secondary N) is 2. The van der Waals surface area contributed by atoms with Crippen molar-refractivity contribution >= 4 is 28.6 Å². The van der Waals surface area contributed by atoms with Gasteiger partial charge in [0.2, 0.25) is 5.95 Å². The number of ether oxygens (including phenoxy) is 2. The summed E-state index contributed by atoms with van der Waals surface area (Å²) < 4.78 is 86.5. The van der Waals surface area contributed by atoms with Gasteiger partial charge in [0.15, 0.2) is 5.82 Å². The largest absolute Gasteiger partial charge is 0.411 e. The van der Waals surface area contributed by atoms with Crippen molar-refractivity contribution in [3.63, 3.8) is 0 Å². The Bertz CT molecular complexity index is 1210. The van der Waals surface area contributed by atoms with Crippen LogP contribution in [0, 0.1) is 0 Å². The van der Waals surface area contributed by atoms with Gasteiger partial charge in [-0.15, -0.1) is 0 Å². The zero-order valence-electron chi connectivity index (χ0n) is 20.2. The van der Waals surface area contributed by atoms with Crippen molar-refractivity contribution in [2.75, 3.05) is 49.7 Å². The van der Waals surface area contributed by atoms with E-state index in [0.29, 0.717) is 31.4 Å². The first-order chi connectivity index (χ1) is 18.0. The molecule has 0 aromatic carbocycles. The number of alkyl halides is 6. The lowest BCUT2D eigenvalue weighted by Crippen LogP contribution is -2.49. The Balaban J connectivity index is 1.74. The van der Waals surface area contributed by atoms with Gasteiger partial charge in [-0.3, -0.25) is 4.68 Å². The van der Waals surface area contributed by atoms with Crippen LogP contribution in [0.4, 0.5) is 43.9 Å². The zero-order chi connectivity index (χ0) is 27.3. The molecule has 1 saturated heterocycles. The minimum atomic E-state index is -4.55. The molecule has 0 unspecified atom stereocenters. The van der Waals surface area contributed by atoms with Crippen molar-refractivity contribution in [3.05, 3.63) is 24.3 Å². The van der Waals surface area contributed by atoms with Crippen LogP contribution in [0.2, 0.25) is 0 Å². The lowest BCUT2D eigenvalue weighted by atomic mass is 10.2. The van der Waals surface area contributed by atoms with E-state index in [4.69, 9.17) is 9.47 Å². The molecule has 3 aromatic heterocycles. The normalized spacial score (nSPS) is 16.8. The second-order valence-corrected chi connectivity index (χ2v) is 8.54. The van der Waals surface area contributed by atoms with E-state index in [2.05, 4.69) is 35.7 Å². The van der Waals surface area contributed by atoms with Gasteiger partial charge >= 0.3 is 12.4 Å². The number of rotatable bonds is 10. The fourth-order valence-electron chi connectivity index (χ4n) is 3.82. The Morgan fingerprint density at radius 3 is 2.55 bits per heavy atom. The van der Waals surface area contributed by atoms with Crippen molar-refractivity contribution in [3.8, 4) is 0 Å². The molecule has 0 amide bonds. The van der Waals surface area contributed by atoms with Gasteiger partial charge in [0, 0.05) is 31.9 Å². The standard InChI is InChI=1S/C21H25F6N9O2/c1-13-8-35(5-4-29-13)19-32-16-14(9-38-11-21(25,26)27)34-36(6-7-37-10-20(22,23)24)17(16)18(33-19)31-15-2-3-28-12-30-15/h2-3,12-13,29H,4-11H2,1H3,(H,28,30,31,32,33)/t13-/m1/s1. The third kappa shape index (κ3) is 7.61. The summed E-state index contributed by atoms with van der Waals surface area (Å²) in [6.45, 7) is -0.236. The number of hydrogen-bond donors (Lipinski definition) is 2. The Morgan fingerprint density at radius 1 is 1.11 bits per heavy atom. The average Bonchev–Trinajstić information content (AvgIpc) is 3.19. The number of anilines is 3. The number of fused-ring (bicyclic) bond motifs is 1. The predicted molar refractivity (Wildman–Crippen MR) is 123 cm³/mol. The van der Waals surface area contributed by atoms with Gasteiger partial charge in [-0.25, -0.2) is 15.0 Å². The summed E-state index contributed by atoms with van der Waals surface area (Å²) in [5, 5.41) is 10.6. The third-order valence-electron chi connectivity index (χ3n) is 5.34. The van der Waals surface area contributed by atoms with Gasteiger partial charge in [-0.05, 0) is 13.0 Å². The highest BCUT2D eigenvalue weighted by Gasteiger charge is 2.30. The number of nitrogens with zero attached hydrogens (tertiary/aromatic N) is 7. The van der Waals surface area contributed by atoms with E-state index >= 15 is 0 Å². The number of piperazine rings is 1. The molecular weight excluding hydrogens is 524 g/mol. The van der Waals surface area contributed by atoms with Crippen LogP contribution in [0.1, 0.15) is 12.6 Å². The van der Waals surface area contributed by atoms with Crippen LogP contribution in [0.3, 0.4) is 0 Å². The molecule has 0 bridgehead atoms. The maximum atomic E-state index is 12.7. The molecule has 2 N–H and O–H groups in total. The lowest BCUT2D eigenvalue weighted by Gasteiger charge is -2.32. The highest BCUT2D eigenvalue weighted by atomic mass is 19.4. The molecule has 0 radical (unpaired) electrons. The molecule has 0 aliphatic carbocycles. The number of aromatic nitrogens is 6. The van der Waals surface area contributed by atoms with Crippen molar-refractivity contribution in [2.24, 2.45) is 0 Å². The molecular formula is C21H25F6N9O2. The first kappa shape index (κ1) is 27.7. The first-order valence-electron chi connectivity index (χ1n) is 11.6. The molecule has 0 spiro atoms. The lowest BCUT2D eigenvalue weighted by molar-refractivity contribution is -0.177. The Labute approximate surface area is 212 Å². The second kappa shape index (κ2) is 11.6.